The highest BCUT2D eigenvalue weighted by Crippen LogP contribution is 2.10. The summed E-state index contributed by atoms with van der Waals surface area (Å²) in [5.41, 5.74) is 2.42. The molecule has 6 heteroatoms. The second-order valence-corrected chi connectivity index (χ2v) is 3.15. The highest BCUT2D eigenvalue weighted by Gasteiger charge is 2.07. The number of hydrazone groups is 1. The van der Waals surface area contributed by atoms with Crippen molar-refractivity contribution < 1.29 is 18.3 Å². The molecule has 1 N–H and O–H groups in total. The Hall–Kier alpha value is -1.98. The van der Waals surface area contributed by atoms with Gasteiger partial charge in [-0.1, -0.05) is 0 Å². The van der Waals surface area contributed by atoms with Gasteiger partial charge >= 0.3 is 6.09 Å². The fraction of sp³-hybridized carbons (Fsp3) is 0.273. The van der Waals surface area contributed by atoms with E-state index in [2.05, 4.69) is 15.3 Å². The molecule has 0 unspecified atom stereocenters. The first-order valence-corrected chi connectivity index (χ1v) is 4.97. The van der Waals surface area contributed by atoms with Crippen LogP contribution in [0.5, 0.6) is 0 Å². The highest BCUT2D eigenvalue weighted by atomic mass is 19.1. The quantitative estimate of drug-likeness (QED) is 0.653. The zero-order valence-corrected chi connectivity index (χ0v) is 9.46. The summed E-state index contributed by atoms with van der Waals surface area (Å²) >= 11 is 0. The number of hydrogen-bond donors (Lipinski definition) is 1. The van der Waals surface area contributed by atoms with Gasteiger partial charge in [-0.25, -0.2) is 19.0 Å². The molecular formula is C11H12F2N2O2. The smallest absolute Gasteiger partial charge is 0.427 e. The van der Waals surface area contributed by atoms with Crippen LogP contribution in [0, 0.1) is 11.6 Å². The maximum atomic E-state index is 13.3. The highest BCUT2D eigenvalue weighted by molar-refractivity contribution is 5.99. The average Bonchev–Trinajstić information content (AvgIpc) is 2.26. The molecule has 0 aliphatic rings. The van der Waals surface area contributed by atoms with E-state index in [1.807, 2.05) is 0 Å². The predicted octanol–water partition coefficient (Wildman–Crippen LogP) is 2.43. The molecule has 0 radical (unpaired) electrons. The minimum absolute atomic E-state index is 0.114. The molecule has 0 fully saturated rings. The number of halogens is 2. The van der Waals surface area contributed by atoms with Gasteiger partial charge in [0.2, 0.25) is 0 Å². The molecule has 0 saturated heterocycles. The second-order valence-electron chi connectivity index (χ2n) is 3.15. The van der Waals surface area contributed by atoms with Crippen LogP contribution in [0.2, 0.25) is 0 Å². The molecule has 0 saturated carbocycles. The van der Waals surface area contributed by atoms with Crippen LogP contribution in [0.3, 0.4) is 0 Å². The summed E-state index contributed by atoms with van der Waals surface area (Å²) < 4.78 is 30.5. The number of carbonyl (C=O) groups is 1. The van der Waals surface area contributed by atoms with Crippen molar-refractivity contribution in [3.63, 3.8) is 0 Å². The largest absolute Gasteiger partial charge is 0.449 e. The van der Waals surface area contributed by atoms with E-state index in [4.69, 9.17) is 0 Å². The van der Waals surface area contributed by atoms with Crippen molar-refractivity contribution in [1.82, 2.24) is 5.43 Å². The fourth-order valence-electron chi connectivity index (χ4n) is 1.14. The number of nitrogens with zero attached hydrogens (tertiary/aromatic N) is 1. The Morgan fingerprint density at radius 2 is 2.18 bits per heavy atom. The van der Waals surface area contributed by atoms with Crippen LogP contribution >= 0.6 is 0 Å². The van der Waals surface area contributed by atoms with Gasteiger partial charge in [0.15, 0.2) is 0 Å². The third-order valence-corrected chi connectivity index (χ3v) is 1.91. The Morgan fingerprint density at radius 3 is 2.76 bits per heavy atom. The van der Waals surface area contributed by atoms with Gasteiger partial charge in [0.1, 0.15) is 11.6 Å². The van der Waals surface area contributed by atoms with E-state index in [-0.39, 0.29) is 17.9 Å². The van der Waals surface area contributed by atoms with Crippen molar-refractivity contribution in [1.29, 1.82) is 0 Å². The first-order valence-electron chi connectivity index (χ1n) is 4.97. The minimum atomic E-state index is -0.739. The van der Waals surface area contributed by atoms with Crippen LogP contribution in [0.4, 0.5) is 13.6 Å². The van der Waals surface area contributed by atoms with E-state index in [1.54, 1.807) is 6.92 Å². The molecule has 0 aliphatic carbocycles. The van der Waals surface area contributed by atoms with Gasteiger partial charge in [0.25, 0.3) is 0 Å². The molecule has 0 aromatic heterocycles. The topological polar surface area (TPSA) is 50.7 Å². The van der Waals surface area contributed by atoms with Crippen molar-refractivity contribution in [2.24, 2.45) is 5.10 Å². The Bertz CT molecular complexity index is 447. The van der Waals surface area contributed by atoms with Crippen molar-refractivity contribution in [3.05, 3.63) is 35.4 Å². The molecule has 0 spiro atoms. The number of amides is 1. The van der Waals surface area contributed by atoms with Crippen molar-refractivity contribution in [2.75, 3.05) is 6.61 Å². The molecule has 4 nitrogen and oxygen atoms in total. The van der Waals surface area contributed by atoms with Gasteiger partial charge in [0, 0.05) is 11.6 Å². The molecule has 0 heterocycles. The molecule has 0 bridgehead atoms. The lowest BCUT2D eigenvalue weighted by molar-refractivity contribution is 0.152. The Morgan fingerprint density at radius 1 is 1.47 bits per heavy atom. The van der Waals surface area contributed by atoms with Gasteiger partial charge in [-0.15, -0.1) is 0 Å². The monoisotopic (exact) mass is 242 g/mol. The standard InChI is InChI=1S/C11H12F2N2O2/c1-3-17-11(16)15-14-7(2)9-5-4-8(12)6-10(9)13/h4-6H,3H2,1-2H3,(H,15,16)/b14-7-. The molecule has 0 aliphatic heterocycles. The summed E-state index contributed by atoms with van der Waals surface area (Å²) in [7, 11) is 0. The van der Waals surface area contributed by atoms with Gasteiger partial charge < -0.3 is 4.74 Å². The van der Waals surface area contributed by atoms with Crippen molar-refractivity contribution >= 4 is 11.8 Å². The molecule has 92 valence electrons. The number of rotatable bonds is 3. The first kappa shape index (κ1) is 13.1. The molecule has 1 rings (SSSR count). The van der Waals surface area contributed by atoms with E-state index < -0.39 is 17.7 Å². The van der Waals surface area contributed by atoms with Crippen molar-refractivity contribution in [3.8, 4) is 0 Å². The Balaban J connectivity index is 2.78. The number of ether oxygens (including phenoxy) is 1. The van der Waals surface area contributed by atoms with Crippen molar-refractivity contribution in [2.45, 2.75) is 13.8 Å². The van der Waals surface area contributed by atoms with Gasteiger partial charge in [-0.3, -0.25) is 0 Å². The van der Waals surface area contributed by atoms with Crippen LogP contribution in [0.1, 0.15) is 19.4 Å². The Kier molecular flexibility index (Phi) is 4.56. The number of carbonyl (C=O) groups excluding carboxylic acids is 1. The van der Waals surface area contributed by atoms with E-state index in [0.29, 0.717) is 0 Å². The maximum absolute atomic E-state index is 13.3. The summed E-state index contributed by atoms with van der Waals surface area (Å²) in [5, 5.41) is 3.63. The zero-order valence-electron chi connectivity index (χ0n) is 9.46. The van der Waals surface area contributed by atoms with Crippen LogP contribution in [-0.4, -0.2) is 18.4 Å². The average molecular weight is 242 g/mol. The van der Waals surface area contributed by atoms with Crippen LogP contribution in [-0.2, 0) is 4.74 Å². The Labute approximate surface area is 97.3 Å². The number of hydrogen-bond acceptors (Lipinski definition) is 3. The fourth-order valence-corrected chi connectivity index (χ4v) is 1.14. The molecule has 1 aromatic carbocycles. The van der Waals surface area contributed by atoms with Crippen LogP contribution in [0.15, 0.2) is 23.3 Å². The lowest BCUT2D eigenvalue weighted by Crippen LogP contribution is -2.20. The predicted molar refractivity (Wildman–Crippen MR) is 58.7 cm³/mol. The van der Waals surface area contributed by atoms with Gasteiger partial charge in [-0.05, 0) is 26.0 Å². The van der Waals surface area contributed by atoms with Gasteiger partial charge in [-0.2, -0.15) is 5.10 Å². The van der Waals surface area contributed by atoms with E-state index in [1.165, 1.54) is 13.0 Å². The third-order valence-electron chi connectivity index (χ3n) is 1.91. The number of nitrogens with one attached hydrogen (secondary N) is 1. The molecule has 0 atom stereocenters. The lowest BCUT2D eigenvalue weighted by Gasteiger charge is -2.04. The molecule has 1 aromatic rings. The summed E-state index contributed by atoms with van der Waals surface area (Å²) in [6.07, 6.45) is -0.727. The summed E-state index contributed by atoms with van der Waals surface area (Å²) in [5.74, 6) is -1.41. The maximum Gasteiger partial charge on any atom is 0.427 e. The normalized spacial score (nSPS) is 11.2. The molecule has 17 heavy (non-hydrogen) atoms. The lowest BCUT2D eigenvalue weighted by atomic mass is 10.1. The first-order chi connectivity index (χ1) is 8.04. The minimum Gasteiger partial charge on any atom is -0.449 e. The van der Waals surface area contributed by atoms with Gasteiger partial charge in [0.05, 0.1) is 12.3 Å². The SMILES string of the molecule is CCOC(=O)N/N=C(/C)c1ccc(F)cc1F. The van der Waals surface area contributed by atoms with E-state index in [0.717, 1.165) is 12.1 Å². The van der Waals surface area contributed by atoms with E-state index >= 15 is 0 Å². The summed E-state index contributed by atoms with van der Waals surface area (Å²) in [6, 6.07) is 3.11. The molecular weight excluding hydrogens is 230 g/mol. The van der Waals surface area contributed by atoms with Crippen LogP contribution < -0.4 is 5.43 Å². The third kappa shape index (κ3) is 3.82. The molecule has 1 amide bonds. The summed E-state index contributed by atoms with van der Waals surface area (Å²) in [6.45, 7) is 3.35. The second kappa shape index (κ2) is 5.93. The van der Waals surface area contributed by atoms with Crippen LogP contribution in [0.25, 0.3) is 0 Å². The van der Waals surface area contributed by atoms with E-state index in [9.17, 15) is 13.6 Å². The summed E-state index contributed by atoms with van der Waals surface area (Å²) in [4.78, 5) is 10.9. The number of benzene rings is 1. The zero-order chi connectivity index (χ0) is 12.8.